The van der Waals surface area contributed by atoms with Crippen molar-refractivity contribution in [2.24, 2.45) is 5.92 Å². The molecule has 2 unspecified atom stereocenters. The summed E-state index contributed by atoms with van der Waals surface area (Å²) in [5.74, 6) is -1.35. The van der Waals surface area contributed by atoms with Gasteiger partial charge < -0.3 is 10.2 Å². The first-order valence-electron chi connectivity index (χ1n) is 6.32. The van der Waals surface area contributed by atoms with Crippen LogP contribution in [0.5, 0.6) is 0 Å². The van der Waals surface area contributed by atoms with Crippen molar-refractivity contribution in [2.75, 3.05) is 6.54 Å². The van der Waals surface area contributed by atoms with Crippen LogP contribution in [-0.4, -0.2) is 37.2 Å². The summed E-state index contributed by atoms with van der Waals surface area (Å²) in [6.45, 7) is 1.71. The van der Waals surface area contributed by atoms with Crippen LogP contribution < -0.4 is 4.72 Å². The second-order valence-electron chi connectivity index (χ2n) is 4.99. The second kappa shape index (κ2) is 5.80. The number of carboxylic acids is 1. The lowest BCUT2D eigenvalue weighted by Crippen LogP contribution is -2.33. The summed E-state index contributed by atoms with van der Waals surface area (Å²) in [5.41, 5.74) is 0.423. The van der Waals surface area contributed by atoms with Crippen LogP contribution in [0.1, 0.15) is 34.5 Å². The van der Waals surface area contributed by atoms with Crippen molar-refractivity contribution in [2.45, 2.75) is 37.2 Å². The lowest BCUT2D eigenvalue weighted by atomic mass is 10.1. The molecule has 1 heterocycles. The molecule has 112 valence electrons. The fraction of sp³-hybridized carbons (Fsp3) is 0.583. The molecule has 8 heteroatoms. The first-order valence-corrected chi connectivity index (χ1v) is 8.68. The number of aromatic carboxylic acids is 1. The van der Waals surface area contributed by atoms with Crippen molar-refractivity contribution >= 4 is 27.3 Å². The number of hydrogen-bond acceptors (Lipinski definition) is 5. The maximum atomic E-state index is 12.3. The number of nitrogens with one attached hydrogen (secondary N) is 1. The molecule has 1 saturated carbocycles. The number of thiophene rings is 1. The van der Waals surface area contributed by atoms with E-state index < -0.39 is 22.1 Å². The van der Waals surface area contributed by atoms with Crippen LogP contribution in [0.2, 0.25) is 0 Å². The highest BCUT2D eigenvalue weighted by Gasteiger charge is 2.30. The smallest absolute Gasteiger partial charge is 0.347 e. The minimum Gasteiger partial charge on any atom is -0.477 e. The Bertz CT molecular complexity index is 607. The minimum absolute atomic E-state index is 0.100. The predicted molar refractivity (Wildman–Crippen MR) is 74.6 cm³/mol. The van der Waals surface area contributed by atoms with Crippen LogP contribution in [0.3, 0.4) is 0 Å². The van der Waals surface area contributed by atoms with Crippen molar-refractivity contribution in [3.05, 3.63) is 15.8 Å². The van der Waals surface area contributed by atoms with Crippen LogP contribution in [0.25, 0.3) is 0 Å². The summed E-state index contributed by atoms with van der Waals surface area (Å²) < 4.78 is 26.9. The Morgan fingerprint density at radius 3 is 2.75 bits per heavy atom. The molecule has 20 heavy (non-hydrogen) atoms. The van der Waals surface area contributed by atoms with Gasteiger partial charge in [-0.05, 0) is 36.6 Å². The molecule has 0 spiro atoms. The van der Waals surface area contributed by atoms with E-state index in [0.717, 1.165) is 24.2 Å². The van der Waals surface area contributed by atoms with Crippen LogP contribution >= 0.6 is 11.3 Å². The van der Waals surface area contributed by atoms with Crippen LogP contribution in [0.4, 0.5) is 0 Å². The Morgan fingerprint density at radius 1 is 1.50 bits per heavy atom. The largest absolute Gasteiger partial charge is 0.477 e. The zero-order valence-electron chi connectivity index (χ0n) is 11.0. The van der Waals surface area contributed by atoms with E-state index in [0.29, 0.717) is 12.0 Å². The Morgan fingerprint density at radius 2 is 2.20 bits per heavy atom. The van der Waals surface area contributed by atoms with Gasteiger partial charge in [0.15, 0.2) is 0 Å². The number of rotatable bonds is 5. The molecule has 0 bridgehead atoms. The number of carbonyl (C=O) groups is 1. The van der Waals surface area contributed by atoms with E-state index in [-0.39, 0.29) is 22.2 Å². The van der Waals surface area contributed by atoms with Crippen molar-refractivity contribution in [3.63, 3.8) is 0 Å². The van der Waals surface area contributed by atoms with Gasteiger partial charge >= 0.3 is 5.97 Å². The van der Waals surface area contributed by atoms with Crippen LogP contribution in [-0.2, 0) is 10.0 Å². The van der Waals surface area contributed by atoms with Crippen molar-refractivity contribution < 1.29 is 23.4 Å². The molecule has 1 aliphatic carbocycles. The molecule has 0 radical (unpaired) electrons. The number of sulfonamides is 1. The molecule has 2 rings (SSSR count). The van der Waals surface area contributed by atoms with Gasteiger partial charge in [-0.3, -0.25) is 0 Å². The monoisotopic (exact) mass is 319 g/mol. The first-order chi connectivity index (χ1) is 9.33. The summed E-state index contributed by atoms with van der Waals surface area (Å²) in [6, 6.07) is 0. The minimum atomic E-state index is -3.87. The summed E-state index contributed by atoms with van der Waals surface area (Å²) in [5, 5.41) is 20.2. The quantitative estimate of drug-likeness (QED) is 0.756. The second-order valence-corrected chi connectivity index (χ2v) is 7.58. The molecule has 1 aromatic rings. The number of aryl methyl sites for hydroxylation is 1. The molecule has 0 amide bonds. The normalized spacial score (nSPS) is 23.1. The van der Waals surface area contributed by atoms with Crippen LogP contribution in [0.15, 0.2) is 10.3 Å². The van der Waals surface area contributed by atoms with E-state index in [1.165, 1.54) is 5.38 Å². The van der Waals surface area contributed by atoms with Gasteiger partial charge in [-0.2, -0.15) is 0 Å². The van der Waals surface area contributed by atoms with E-state index in [1.807, 2.05) is 0 Å². The van der Waals surface area contributed by atoms with Crippen LogP contribution in [0, 0.1) is 12.8 Å². The van der Waals surface area contributed by atoms with E-state index in [1.54, 1.807) is 6.92 Å². The molecule has 1 aromatic heterocycles. The predicted octanol–water partition coefficient (Wildman–Crippen LogP) is 1.19. The third kappa shape index (κ3) is 3.03. The molecular weight excluding hydrogens is 302 g/mol. The third-order valence-corrected chi connectivity index (χ3v) is 6.36. The zero-order valence-corrected chi connectivity index (χ0v) is 12.6. The highest BCUT2D eigenvalue weighted by atomic mass is 32.2. The highest BCUT2D eigenvalue weighted by molar-refractivity contribution is 7.89. The standard InChI is InChI=1S/C12H17NO5S2/c1-7-6-19-10(12(15)16)11(7)20(17,18)13-5-8-3-2-4-9(8)14/h6,8-9,13-14H,2-5H2,1H3,(H,15,16). The Balaban J connectivity index is 2.18. The number of aliphatic hydroxyl groups excluding tert-OH is 1. The SMILES string of the molecule is Cc1csc(C(=O)O)c1S(=O)(=O)NCC1CCCC1O. The Hall–Kier alpha value is -0.960. The number of aliphatic hydroxyl groups is 1. The lowest BCUT2D eigenvalue weighted by molar-refractivity contribution is 0.0698. The topological polar surface area (TPSA) is 104 Å². The fourth-order valence-electron chi connectivity index (χ4n) is 2.46. The maximum absolute atomic E-state index is 12.3. The third-order valence-electron chi connectivity index (χ3n) is 3.54. The fourth-order valence-corrected chi connectivity index (χ4v) is 5.18. The van der Waals surface area contributed by atoms with Gasteiger partial charge in [-0.25, -0.2) is 17.9 Å². The summed E-state index contributed by atoms with van der Waals surface area (Å²) in [4.78, 5) is 10.7. The average Bonchev–Trinajstić information content (AvgIpc) is 2.93. The summed E-state index contributed by atoms with van der Waals surface area (Å²) >= 11 is 0.902. The van der Waals surface area contributed by atoms with Gasteiger partial charge in [0, 0.05) is 6.54 Å². The van der Waals surface area contributed by atoms with E-state index >= 15 is 0 Å². The molecule has 2 atom stereocenters. The molecular formula is C12H17NO5S2. The maximum Gasteiger partial charge on any atom is 0.347 e. The molecule has 3 N–H and O–H groups in total. The Kier molecular flexibility index (Phi) is 4.48. The van der Waals surface area contributed by atoms with Gasteiger partial charge in [0.1, 0.15) is 9.77 Å². The first kappa shape index (κ1) is 15.4. The highest BCUT2D eigenvalue weighted by Crippen LogP contribution is 2.28. The van der Waals surface area contributed by atoms with Crippen molar-refractivity contribution in [1.29, 1.82) is 0 Å². The van der Waals surface area contributed by atoms with Gasteiger partial charge in [-0.15, -0.1) is 11.3 Å². The van der Waals surface area contributed by atoms with Crippen molar-refractivity contribution in [1.82, 2.24) is 4.72 Å². The molecule has 1 fully saturated rings. The van der Waals surface area contributed by atoms with Crippen molar-refractivity contribution in [3.8, 4) is 0 Å². The molecule has 0 saturated heterocycles. The summed E-state index contributed by atoms with van der Waals surface area (Å²) in [7, 11) is -3.87. The summed E-state index contributed by atoms with van der Waals surface area (Å²) in [6.07, 6.45) is 1.86. The zero-order chi connectivity index (χ0) is 14.9. The molecule has 0 aromatic carbocycles. The van der Waals surface area contributed by atoms with E-state index in [2.05, 4.69) is 4.72 Å². The number of hydrogen-bond donors (Lipinski definition) is 3. The lowest BCUT2D eigenvalue weighted by Gasteiger charge is -2.15. The Labute approximate surface area is 121 Å². The van der Waals surface area contributed by atoms with Gasteiger partial charge in [0.25, 0.3) is 0 Å². The molecule has 1 aliphatic rings. The van der Waals surface area contributed by atoms with Gasteiger partial charge in [-0.1, -0.05) is 6.42 Å². The van der Waals surface area contributed by atoms with Gasteiger partial charge in [0.2, 0.25) is 10.0 Å². The molecule has 6 nitrogen and oxygen atoms in total. The van der Waals surface area contributed by atoms with E-state index in [4.69, 9.17) is 5.11 Å². The number of carboxylic acid groups (broad SMARTS) is 1. The molecule has 0 aliphatic heterocycles. The van der Waals surface area contributed by atoms with Gasteiger partial charge in [0.05, 0.1) is 6.10 Å². The van der Waals surface area contributed by atoms with E-state index in [9.17, 15) is 18.3 Å². The average molecular weight is 319 g/mol.